The predicted molar refractivity (Wildman–Crippen MR) is 73.6 cm³/mol. The lowest BCUT2D eigenvalue weighted by molar-refractivity contribution is 0.0125. The van der Waals surface area contributed by atoms with Gasteiger partial charge < -0.3 is 5.32 Å². The fraction of sp³-hybridized carbons (Fsp3) is 1.00. The topological polar surface area (TPSA) is 18.5 Å². The molecule has 3 heteroatoms. The van der Waals surface area contributed by atoms with Gasteiger partial charge in [0.15, 0.2) is 0 Å². The zero-order valence-electron chi connectivity index (χ0n) is 11.5. The van der Waals surface area contributed by atoms with E-state index in [-0.39, 0.29) is 0 Å². The second kappa shape index (κ2) is 4.77. The van der Waals surface area contributed by atoms with Crippen LogP contribution < -0.4 is 5.32 Å². The van der Waals surface area contributed by atoms with Gasteiger partial charge in [-0.15, -0.1) is 0 Å². The van der Waals surface area contributed by atoms with Gasteiger partial charge in [-0.05, 0) is 37.0 Å². The van der Waals surface area contributed by atoms with E-state index >= 15 is 0 Å². The molecule has 2 aliphatic carbocycles. The third-order valence-corrected chi connectivity index (χ3v) is 5.98. The quantitative estimate of drug-likeness (QED) is 0.805. The van der Waals surface area contributed by atoms with Gasteiger partial charge in [-0.2, -0.15) is 0 Å². The molecule has 0 aromatic rings. The molecule has 2 bridgehead atoms. The van der Waals surface area contributed by atoms with E-state index in [9.17, 15) is 0 Å². The largest absolute Gasteiger partial charge is 0.314 e. The minimum atomic E-state index is 0.880. The maximum atomic E-state index is 3.45. The van der Waals surface area contributed by atoms with E-state index in [0.717, 1.165) is 23.8 Å². The van der Waals surface area contributed by atoms with E-state index in [4.69, 9.17) is 0 Å². The molecule has 4 fully saturated rings. The molecule has 2 aliphatic heterocycles. The Balaban J connectivity index is 1.22. The number of hydrogen-bond donors (Lipinski definition) is 1. The normalized spacial score (nSPS) is 42.3. The van der Waals surface area contributed by atoms with Crippen LogP contribution in [0.3, 0.4) is 0 Å². The lowest BCUT2D eigenvalue weighted by Gasteiger charge is -2.48. The maximum absolute atomic E-state index is 3.45. The fourth-order valence-electron chi connectivity index (χ4n) is 4.90. The van der Waals surface area contributed by atoms with Crippen LogP contribution >= 0.6 is 0 Å². The molecule has 0 aromatic heterocycles. The molecule has 2 saturated heterocycles. The minimum Gasteiger partial charge on any atom is -0.314 e. The van der Waals surface area contributed by atoms with Crippen molar-refractivity contribution in [3.63, 3.8) is 0 Å². The summed E-state index contributed by atoms with van der Waals surface area (Å²) < 4.78 is 0. The summed E-state index contributed by atoms with van der Waals surface area (Å²) in [6.07, 6.45) is 6.22. The number of hydrogen-bond acceptors (Lipinski definition) is 3. The molecular formula is C15H27N3. The van der Waals surface area contributed by atoms with Crippen molar-refractivity contribution in [2.45, 2.75) is 31.7 Å². The first-order valence-corrected chi connectivity index (χ1v) is 8.05. The highest BCUT2D eigenvalue weighted by atomic mass is 15.3. The van der Waals surface area contributed by atoms with Crippen LogP contribution in [-0.4, -0.2) is 61.7 Å². The average molecular weight is 249 g/mol. The fourth-order valence-corrected chi connectivity index (χ4v) is 4.90. The molecular weight excluding hydrogens is 222 g/mol. The molecule has 0 radical (unpaired) electrons. The van der Waals surface area contributed by atoms with Crippen LogP contribution in [0.5, 0.6) is 0 Å². The Morgan fingerprint density at radius 3 is 2.50 bits per heavy atom. The Bertz CT molecular complexity index is 294. The van der Waals surface area contributed by atoms with Crippen molar-refractivity contribution in [2.75, 3.05) is 45.8 Å². The van der Waals surface area contributed by atoms with Crippen molar-refractivity contribution in [3.8, 4) is 0 Å². The van der Waals surface area contributed by atoms with Gasteiger partial charge in [-0.3, -0.25) is 9.80 Å². The molecule has 3 atom stereocenters. The second-order valence-electron chi connectivity index (χ2n) is 7.09. The first-order chi connectivity index (χ1) is 8.88. The lowest BCUT2D eigenvalue weighted by atomic mass is 9.87. The van der Waals surface area contributed by atoms with Gasteiger partial charge in [-0.25, -0.2) is 0 Å². The summed E-state index contributed by atoms with van der Waals surface area (Å²) in [7, 11) is 0. The van der Waals surface area contributed by atoms with Crippen LogP contribution in [-0.2, 0) is 0 Å². The first-order valence-electron chi connectivity index (χ1n) is 8.05. The molecule has 4 rings (SSSR count). The lowest BCUT2D eigenvalue weighted by Crippen LogP contribution is -2.63. The van der Waals surface area contributed by atoms with Crippen LogP contribution in [0.2, 0.25) is 0 Å². The van der Waals surface area contributed by atoms with Crippen molar-refractivity contribution in [2.24, 2.45) is 17.8 Å². The molecule has 4 aliphatic rings. The zero-order valence-corrected chi connectivity index (χ0v) is 11.5. The third-order valence-electron chi connectivity index (χ3n) is 5.98. The van der Waals surface area contributed by atoms with Crippen LogP contribution in [0.4, 0.5) is 0 Å². The molecule has 18 heavy (non-hydrogen) atoms. The van der Waals surface area contributed by atoms with E-state index in [0.29, 0.717) is 0 Å². The minimum absolute atomic E-state index is 0.880. The Morgan fingerprint density at radius 2 is 1.83 bits per heavy atom. The van der Waals surface area contributed by atoms with Gasteiger partial charge in [0.05, 0.1) is 0 Å². The number of rotatable bonds is 3. The molecule has 2 heterocycles. The zero-order chi connectivity index (χ0) is 11.9. The van der Waals surface area contributed by atoms with Gasteiger partial charge in [0.1, 0.15) is 0 Å². The summed E-state index contributed by atoms with van der Waals surface area (Å²) in [5.41, 5.74) is 0. The number of piperazine rings is 1. The van der Waals surface area contributed by atoms with Gasteiger partial charge in [0.25, 0.3) is 0 Å². The molecule has 0 spiro atoms. The van der Waals surface area contributed by atoms with E-state index in [1.165, 1.54) is 45.8 Å². The summed E-state index contributed by atoms with van der Waals surface area (Å²) in [6, 6.07) is 0.880. The molecule has 0 amide bonds. The van der Waals surface area contributed by atoms with E-state index in [2.05, 4.69) is 15.1 Å². The van der Waals surface area contributed by atoms with E-state index in [1.807, 2.05) is 0 Å². The summed E-state index contributed by atoms with van der Waals surface area (Å²) in [5.74, 6) is 3.28. The Kier molecular flexibility index (Phi) is 3.10. The van der Waals surface area contributed by atoms with Crippen molar-refractivity contribution >= 4 is 0 Å². The van der Waals surface area contributed by atoms with Gasteiger partial charge in [0, 0.05) is 51.9 Å². The summed E-state index contributed by atoms with van der Waals surface area (Å²) >= 11 is 0. The average Bonchev–Trinajstić information content (AvgIpc) is 2.96. The van der Waals surface area contributed by atoms with E-state index < -0.39 is 0 Å². The van der Waals surface area contributed by atoms with Crippen molar-refractivity contribution < 1.29 is 0 Å². The number of likely N-dealkylation sites (tertiary alicyclic amines) is 1. The highest BCUT2D eigenvalue weighted by Gasteiger charge is 2.42. The summed E-state index contributed by atoms with van der Waals surface area (Å²) in [5, 5.41) is 3.45. The monoisotopic (exact) mass is 249 g/mol. The van der Waals surface area contributed by atoms with Crippen molar-refractivity contribution in [1.29, 1.82) is 0 Å². The summed E-state index contributed by atoms with van der Waals surface area (Å²) in [4.78, 5) is 5.44. The van der Waals surface area contributed by atoms with Crippen LogP contribution in [0.15, 0.2) is 0 Å². The van der Waals surface area contributed by atoms with Crippen molar-refractivity contribution in [1.82, 2.24) is 15.1 Å². The smallest absolute Gasteiger partial charge is 0.0351 e. The Morgan fingerprint density at radius 1 is 1.00 bits per heavy atom. The van der Waals surface area contributed by atoms with Crippen LogP contribution in [0.1, 0.15) is 25.7 Å². The predicted octanol–water partition coefficient (Wildman–Crippen LogP) is 1.01. The number of fused-ring (bicyclic) bond motifs is 2. The van der Waals surface area contributed by atoms with Gasteiger partial charge in [0.2, 0.25) is 0 Å². The molecule has 3 nitrogen and oxygen atoms in total. The Hall–Kier alpha value is -0.120. The SMILES string of the molecule is C1CN(C2CN(CC3CC4CCC3C4)C2)CCN1. The molecule has 0 aromatic carbocycles. The number of nitrogens with zero attached hydrogens (tertiary/aromatic N) is 2. The molecule has 102 valence electrons. The molecule has 3 unspecified atom stereocenters. The molecule has 2 saturated carbocycles. The van der Waals surface area contributed by atoms with Gasteiger partial charge in [-0.1, -0.05) is 6.42 Å². The molecule has 1 N–H and O–H groups in total. The Labute approximate surface area is 111 Å². The third kappa shape index (κ3) is 2.10. The van der Waals surface area contributed by atoms with Gasteiger partial charge >= 0.3 is 0 Å². The van der Waals surface area contributed by atoms with E-state index in [1.54, 1.807) is 25.7 Å². The van der Waals surface area contributed by atoms with Crippen molar-refractivity contribution in [3.05, 3.63) is 0 Å². The highest BCUT2D eigenvalue weighted by Crippen LogP contribution is 2.48. The maximum Gasteiger partial charge on any atom is 0.0351 e. The first kappa shape index (κ1) is 11.7. The second-order valence-corrected chi connectivity index (χ2v) is 7.09. The summed E-state index contributed by atoms with van der Waals surface area (Å²) in [6.45, 7) is 9.07. The van der Waals surface area contributed by atoms with Crippen LogP contribution in [0.25, 0.3) is 0 Å². The van der Waals surface area contributed by atoms with Crippen LogP contribution in [0, 0.1) is 17.8 Å². The standard InChI is InChI=1S/C15H27N3/c1-2-13-7-12(1)8-14(13)9-17-10-15(11-17)18-5-3-16-4-6-18/h12-16H,1-11H2. The number of nitrogens with one attached hydrogen (secondary N) is 1. The highest BCUT2D eigenvalue weighted by molar-refractivity contribution is 4.95.